The Labute approximate surface area is 125 Å². The molecule has 5 heteroatoms. The standard InChI is InChI=1S/C14H15BrN2OS/c1-9-14(15)11(17(2)16-9)8-12(18)10-6-4-5-7-13(10)19-3/h4-7H,8H2,1-3H3. The first-order chi connectivity index (χ1) is 9.04. The van der Waals surface area contributed by atoms with Gasteiger partial charge >= 0.3 is 0 Å². The molecule has 1 aromatic carbocycles. The molecule has 2 rings (SSSR count). The number of hydrogen-bond acceptors (Lipinski definition) is 3. The molecule has 0 amide bonds. The Morgan fingerprint density at radius 2 is 2.11 bits per heavy atom. The summed E-state index contributed by atoms with van der Waals surface area (Å²) in [6.07, 6.45) is 2.34. The number of halogens is 1. The zero-order chi connectivity index (χ0) is 14.0. The summed E-state index contributed by atoms with van der Waals surface area (Å²) in [7, 11) is 1.86. The molecule has 0 saturated heterocycles. The fraction of sp³-hybridized carbons (Fsp3) is 0.286. The van der Waals surface area contributed by atoms with Gasteiger partial charge in [-0.2, -0.15) is 5.10 Å². The van der Waals surface area contributed by atoms with Crippen LogP contribution in [0.4, 0.5) is 0 Å². The van der Waals surface area contributed by atoms with Crippen LogP contribution in [0.5, 0.6) is 0 Å². The number of rotatable bonds is 4. The van der Waals surface area contributed by atoms with Gasteiger partial charge in [0.2, 0.25) is 0 Å². The molecular weight excluding hydrogens is 324 g/mol. The number of Topliss-reactive ketones (excluding diaryl/α,β-unsaturated/α-hetero) is 1. The van der Waals surface area contributed by atoms with E-state index in [9.17, 15) is 4.79 Å². The fourth-order valence-corrected chi connectivity index (χ4v) is 3.09. The highest BCUT2D eigenvalue weighted by Gasteiger charge is 2.17. The van der Waals surface area contributed by atoms with E-state index in [0.717, 1.165) is 26.3 Å². The van der Waals surface area contributed by atoms with Crippen LogP contribution in [0.25, 0.3) is 0 Å². The molecule has 0 N–H and O–H groups in total. The van der Waals surface area contributed by atoms with Crippen LogP contribution in [0.2, 0.25) is 0 Å². The molecule has 100 valence electrons. The highest BCUT2D eigenvalue weighted by Crippen LogP contribution is 2.25. The molecule has 0 atom stereocenters. The number of benzene rings is 1. The van der Waals surface area contributed by atoms with E-state index in [-0.39, 0.29) is 5.78 Å². The number of thioether (sulfide) groups is 1. The van der Waals surface area contributed by atoms with E-state index in [0.29, 0.717) is 6.42 Å². The van der Waals surface area contributed by atoms with Crippen molar-refractivity contribution in [2.75, 3.05) is 6.26 Å². The second kappa shape index (κ2) is 5.92. The largest absolute Gasteiger partial charge is 0.294 e. The molecule has 0 radical (unpaired) electrons. The van der Waals surface area contributed by atoms with Crippen molar-refractivity contribution in [2.24, 2.45) is 7.05 Å². The van der Waals surface area contributed by atoms with Gasteiger partial charge < -0.3 is 0 Å². The molecule has 0 aliphatic carbocycles. The van der Waals surface area contributed by atoms with Gasteiger partial charge in [-0.3, -0.25) is 9.48 Å². The molecule has 3 nitrogen and oxygen atoms in total. The van der Waals surface area contributed by atoms with Crippen molar-refractivity contribution in [3.05, 3.63) is 45.7 Å². The van der Waals surface area contributed by atoms with Crippen LogP contribution in [-0.4, -0.2) is 21.8 Å². The minimum absolute atomic E-state index is 0.119. The van der Waals surface area contributed by atoms with Gasteiger partial charge in [0.1, 0.15) is 0 Å². The molecule has 0 bridgehead atoms. The van der Waals surface area contributed by atoms with Gasteiger partial charge in [0.25, 0.3) is 0 Å². The molecule has 2 aromatic rings. The van der Waals surface area contributed by atoms with Crippen LogP contribution in [0.3, 0.4) is 0 Å². The Kier molecular flexibility index (Phi) is 4.47. The smallest absolute Gasteiger partial charge is 0.169 e. The zero-order valence-corrected chi connectivity index (χ0v) is 13.5. The lowest BCUT2D eigenvalue weighted by molar-refractivity contribution is 0.0988. The highest BCUT2D eigenvalue weighted by molar-refractivity contribution is 9.10. The van der Waals surface area contributed by atoms with Gasteiger partial charge in [0.05, 0.1) is 22.3 Å². The predicted molar refractivity (Wildman–Crippen MR) is 81.9 cm³/mol. The predicted octanol–water partition coefficient (Wildman–Crippen LogP) is 3.64. The quantitative estimate of drug-likeness (QED) is 0.630. The lowest BCUT2D eigenvalue weighted by Gasteiger charge is -2.07. The average molecular weight is 339 g/mol. The molecule has 0 aliphatic heterocycles. The van der Waals surface area contributed by atoms with E-state index in [1.807, 2.05) is 44.5 Å². The Balaban J connectivity index is 2.31. The van der Waals surface area contributed by atoms with Crippen LogP contribution >= 0.6 is 27.7 Å². The minimum Gasteiger partial charge on any atom is -0.294 e. The van der Waals surface area contributed by atoms with E-state index in [1.165, 1.54) is 0 Å². The molecule has 0 spiro atoms. The lowest BCUT2D eigenvalue weighted by atomic mass is 10.1. The number of nitrogens with zero attached hydrogens (tertiary/aromatic N) is 2. The Morgan fingerprint density at radius 1 is 1.42 bits per heavy atom. The van der Waals surface area contributed by atoms with E-state index in [2.05, 4.69) is 21.0 Å². The topological polar surface area (TPSA) is 34.9 Å². The SMILES string of the molecule is CSc1ccccc1C(=O)Cc1c(Br)c(C)nn1C. The summed E-state index contributed by atoms with van der Waals surface area (Å²) in [6.45, 7) is 1.92. The van der Waals surface area contributed by atoms with Crippen molar-refractivity contribution in [1.29, 1.82) is 0 Å². The van der Waals surface area contributed by atoms with Crippen LogP contribution in [0, 0.1) is 6.92 Å². The molecule has 0 saturated carbocycles. The lowest BCUT2D eigenvalue weighted by Crippen LogP contribution is -2.09. The normalized spacial score (nSPS) is 10.7. The maximum Gasteiger partial charge on any atom is 0.169 e. The summed E-state index contributed by atoms with van der Waals surface area (Å²) in [4.78, 5) is 13.4. The Bertz CT molecular complexity index is 622. The molecule has 0 aliphatic rings. The second-order valence-electron chi connectivity index (χ2n) is 4.27. The van der Waals surface area contributed by atoms with Crippen LogP contribution in [0.15, 0.2) is 33.6 Å². The number of ketones is 1. The number of aromatic nitrogens is 2. The Morgan fingerprint density at radius 3 is 2.68 bits per heavy atom. The number of carbonyl (C=O) groups excluding carboxylic acids is 1. The van der Waals surface area contributed by atoms with Gasteiger partial charge in [0, 0.05) is 17.5 Å². The Hall–Kier alpha value is -1.07. The van der Waals surface area contributed by atoms with Crippen molar-refractivity contribution < 1.29 is 4.79 Å². The third-order valence-electron chi connectivity index (χ3n) is 3.00. The molecule has 0 fully saturated rings. The van der Waals surface area contributed by atoms with E-state index >= 15 is 0 Å². The third-order valence-corrected chi connectivity index (χ3v) is 4.82. The summed E-state index contributed by atoms with van der Waals surface area (Å²) in [5.41, 5.74) is 2.60. The van der Waals surface area contributed by atoms with Crippen molar-refractivity contribution >= 4 is 33.5 Å². The molecule has 1 heterocycles. The average Bonchev–Trinajstić information content (AvgIpc) is 2.65. The minimum atomic E-state index is 0.119. The van der Waals surface area contributed by atoms with Gasteiger partial charge in [-0.05, 0) is 35.2 Å². The summed E-state index contributed by atoms with van der Waals surface area (Å²) in [5, 5.41) is 4.31. The van der Waals surface area contributed by atoms with Crippen molar-refractivity contribution in [1.82, 2.24) is 9.78 Å². The first kappa shape index (κ1) is 14.3. The van der Waals surface area contributed by atoms with Gasteiger partial charge in [0.15, 0.2) is 5.78 Å². The summed E-state index contributed by atoms with van der Waals surface area (Å²) in [6, 6.07) is 7.70. The van der Waals surface area contributed by atoms with E-state index in [4.69, 9.17) is 0 Å². The van der Waals surface area contributed by atoms with Crippen LogP contribution < -0.4 is 0 Å². The van der Waals surface area contributed by atoms with Crippen molar-refractivity contribution in [3.63, 3.8) is 0 Å². The van der Waals surface area contributed by atoms with Crippen molar-refractivity contribution in [2.45, 2.75) is 18.2 Å². The van der Waals surface area contributed by atoms with Gasteiger partial charge in [-0.1, -0.05) is 18.2 Å². The van der Waals surface area contributed by atoms with Gasteiger partial charge in [-0.15, -0.1) is 11.8 Å². The number of carbonyl (C=O) groups is 1. The summed E-state index contributed by atoms with van der Waals surface area (Å²) in [5.74, 6) is 0.119. The first-order valence-corrected chi connectivity index (χ1v) is 7.90. The molecule has 1 aromatic heterocycles. The van der Waals surface area contributed by atoms with Crippen molar-refractivity contribution in [3.8, 4) is 0 Å². The van der Waals surface area contributed by atoms with Crippen LogP contribution in [-0.2, 0) is 13.5 Å². The third kappa shape index (κ3) is 2.92. The maximum atomic E-state index is 12.4. The zero-order valence-electron chi connectivity index (χ0n) is 11.1. The number of hydrogen-bond donors (Lipinski definition) is 0. The first-order valence-electron chi connectivity index (χ1n) is 5.88. The highest BCUT2D eigenvalue weighted by atomic mass is 79.9. The summed E-state index contributed by atoms with van der Waals surface area (Å²) < 4.78 is 2.68. The van der Waals surface area contributed by atoms with Gasteiger partial charge in [-0.25, -0.2) is 0 Å². The second-order valence-corrected chi connectivity index (χ2v) is 5.91. The molecular formula is C14H15BrN2OS. The van der Waals surface area contributed by atoms with E-state index < -0.39 is 0 Å². The monoisotopic (exact) mass is 338 g/mol. The summed E-state index contributed by atoms with van der Waals surface area (Å²) >= 11 is 5.09. The van der Waals surface area contributed by atoms with E-state index in [1.54, 1.807) is 16.4 Å². The number of aryl methyl sites for hydroxylation is 2. The fourth-order valence-electron chi connectivity index (χ4n) is 1.99. The molecule has 0 unspecified atom stereocenters. The maximum absolute atomic E-state index is 12.4. The molecule has 19 heavy (non-hydrogen) atoms. The van der Waals surface area contributed by atoms with Crippen LogP contribution in [0.1, 0.15) is 21.7 Å².